The molecule has 130 valence electrons. The first-order chi connectivity index (χ1) is 11.6. The topological polar surface area (TPSA) is 88.9 Å². The Labute approximate surface area is 138 Å². The van der Waals surface area contributed by atoms with E-state index in [0.29, 0.717) is 37.4 Å². The zero-order valence-corrected chi connectivity index (χ0v) is 14.0. The molecule has 1 saturated heterocycles. The highest BCUT2D eigenvalue weighted by atomic mass is 19.1. The summed E-state index contributed by atoms with van der Waals surface area (Å²) in [6, 6.07) is -0.289. The summed E-state index contributed by atoms with van der Waals surface area (Å²) in [6.45, 7) is 4.67. The van der Waals surface area contributed by atoms with Crippen LogP contribution in [0.1, 0.15) is 37.8 Å². The number of aryl methyl sites for hydroxylation is 1. The minimum absolute atomic E-state index is 0.0912. The maximum absolute atomic E-state index is 14.7. The average molecular weight is 336 g/mol. The van der Waals surface area contributed by atoms with E-state index in [1.165, 1.54) is 6.33 Å². The van der Waals surface area contributed by atoms with Crippen molar-refractivity contribution >= 4 is 5.82 Å². The fourth-order valence-electron chi connectivity index (χ4n) is 3.18. The standard InChI is InChI=1S/C15H21FN6O2/c1-4-10-12(16)14(18-8-17-10)22-7-9(24-3)6-11(22)13-19-20-15(23)21(13)5-2/h8-9,11H,4-7H2,1-3H3,(H,20,23)/t9-,11-/m0/s1. The van der Waals surface area contributed by atoms with E-state index in [4.69, 9.17) is 4.74 Å². The van der Waals surface area contributed by atoms with E-state index >= 15 is 0 Å². The fraction of sp³-hybridized carbons (Fsp3) is 0.600. The van der Waals surface area contributed by atoms with Crippen LogP contribution in [0, 0.1) is 5.82 Å². The van der Waals surface area contributed by atoms with Crippen LogP contribution in [-0.2, 0) is 17.7 Å². The van der Waals surface area contributed by atoms with Gasteiger partial charge in [0.05, 0.1) is 17.8 Å². The third kappa shape index (κ3) is 2.68. The summed E-state index contributed by atoms with van der Waals surface area (Å²) in [7, 11) is 1.62. The molecule has 1 aliphatic rings. The number of rotatable bonds is 5. The highest BCUT2D eigenvalue weighted by molar-refractivity contribution is 5.45. The zero-order valence-electron chi connectivity index (χ0n) is 14.0. The van der Waals surface area contributed by atoms with Crippen LogP contribution in [0.15, 0.2) is 11.1 Å². The van der Waals surface area contributed by atoms with Gasteiger partial charge in [0, 0.05) is 26.6 Å². The van der Waals surface area contributed by atoms with Crippen LogP contribution in [0.25, 0.3) is 0 Å². The average Bonchev–Trinajstić information content (AvgIpc) is 3.17. The van der Waals surface area contributed by atoms with Crippen molar-refractivity contribution in [2.45, 2.75) is 45.4 Å². The molecule has 2 atom stereocenters. The second-order valence-corrected chi connectivity index (χ2v) is 5.70. The van der Waals surface area contributed by atoms with Crippen molar-refractivity contribution in [3.05, 3.63) is 34.1 Å². The van der Waals surface area contributed by atoms with E-state index in [0.717, 1.165) is 0 Å². The Bertz CT molecular complexity index is 774. The minimum atomic E-state index is -0.428. The van der Waals surface area contributed by atoms with Crippen LogP contribution < -0.4 is 10.6 Å². The Morgan fingerprint density at radius 1 is 1.42 bits per heavy atom. The van der Waals surface area contributed by atoms with E-state index in [1.807, 2.05) is 18.7 Å². The number of aromatic amines is 1. The molecule has 0 aliphatic carbocycles. The normalized spacial score (nSPS) is 20.8. The van der Waals surface area contributed by atoms with Gasteiger partial charge >= 0.3 is 5.69 Å². The predicted molar refractivity (Wildman–Crippen MR) is 85.4 cm³/mol. The lowest BCUT2D eigenvalue weighted by atomic mass is 10.2. The van der Waals surface area contributed by atoms with Crippen molar-refractivity contribution in [3.8, 4) is 0 Å². The van der Waals surface area contributed by atoms with E-state index in [1.54, 1.807) is 11.7 Å². The molecule has 0 aromatic carbocycles. The first-order valence-corrected chi connectivity index (χ1v) is 8.04. The quantitative estimate of drug-likeness (QED) is 0.878. The van der Waals surface area contributed by atoms with Gasteiger partial charge in [0.2, 0.25) is 0 Å². The van der Waals surface area contributed by atoms with Gasteiger partial charge in [-0.3, -0.25) is 4.57 Å². The Morgan fingerprint density at radius 3 is 2.88 bits per heavy atom. The number of aromatic nitrogens is 5. The highest BCUT2D eigenvalue weighted by Crippen LogP contribution is 2.36. The maximum atomic E-state index is 14.7. The number of halogens is 1. The molecule has 1 fully saturated rings. The van der Waals surface area contributed by atoms with Crippen LogP contribution in [0.2, 0.25) is 0 Å². The summed E-state index contributed by atoms with van der Waals surface area (Å²) >= 11 is 0. The molecule has 0 bridgehead atoms. The number of ether oxygens (including phenoxy) is 1. The Kier molecular flexibility index (Phi) is 4.61. The highest BCUT2D eigenvalue weighted by Gasteiger charge is 2.38. The maximum Gasteiger partial charge on any atom is 0.343 e. The van der Waals surface area contributed by atoms with Gasteiger partial charge in [-0.25, -0.2) is 24.3 Å². The lowest BCUT2D eigenvalue weighted by Crippen LogP contribution is -2.30. The Hall–Kier alpha value is -2.29. The second kappa shape index (κ2) is 6.68. The summed E-state index contributed by atoms with van der Waals surface area (Å²) in [6.07, 6.45) is 2.36. The van der Waals surface area contributed by atoms with Gasteiger partial charge in [-0.05, 0) is 13.3 Å². The van der Waals surface area contributed by atoms with E-state index < -0.39 is 5.82 Å². The van der Waals surface area contributed by atoms with Crippen LogP contribution in [0.5, 0.6) is 0 Å². The van der Waals surface area contributed by atoms with Gasteiger partial charge in [-0.2, -0.15) is 5.10 Å². The Balaban J connectivity index is 2.06. The second-order valence-electron chi connectivity index (χ2n) is 5.70. The van der Waals surface area contributed by atoms with E-state index in [9.17, 15) is 9.18 Å². The molecule has 3 heterocycles. The smallest absolute Gasteiger partial charge is 0.343 e. The van der Waals surface area contributed by atoms with Crippen molar-refractivity contribution < 1.29 is 9.13 Å². The molecule has 0 unspecified atom stereocenters. The summed E-state index contributed by atoms with van der Waals surface area (Å²) in [4.78, 5) is 21.8. The van der Waals surface area contributed by atoms with Gasteiger partial charge in [-0.15, -0.1) is 0 Å². The molecule has 2 aromatic rings. The molecule has 9 heteroatoms. The number of H-pyrrole nitrogens is 1. The first kappa shape index (κ1) is 16.6. The predicted octanol–water partition coefficient (Wildman–Crippen LogP) is 1.05. The summed E-state index contributed by atoms with van der Waals surface area (Å²) in [5, 5.41) is 6.62. The largest absolute Gasteiger partial charge is 0.380 e. The molecule has 0 spiro atoms. The first-order valence-electron chi connectivity index (χ1n) is 8.04. The van der Waals surface area contributed by atoms with Gasteiger partial charge in [-0.1, -0.05) is 6.92 Å². The SMILES string of the molecule is CCc1ncnc(N2C[C@@H](OC)C[C@H]2c2n[nH]c(=O)n2CC)c1F. The summed E-state index contributed by atoms with van der Waals surface area (Å²) in [5.41, 5.74) is 0.0975. The van der Waals surface area contributed by atoms with Crippen molar-refractivity contribution in [1.29, 1.82) is 0 Å². The van der Waals surface area contributed by atoms with E-state index in [2.05, 4.69) is 20.2 Å². The van der Waals surface area contributed by atoms with Crippen molar-refractivity contribution in [2.75, 3.05) is 18.6 Å². The lowest BCUT2D eigenvalue weighted by Gasteiger charge is -2.25. The number of methoxy groups -OCH3 is 1. The van der Waals surface area contributed by atoms with Crippen LogP contribution >= 0.6 is 0 Å². The van der Waals surface area contributed by atoms with Crippen LogP contribution in [0.3, 0.4) is 0 Å². The summed E-state index contributed by atoms with van der Waals surface area (Å²) in [5.74, 6) is 0.366. The minimum Gasteiger partial charge on any atom is -0.380 e. The molecule has 1 aliphatic heterocycles. The Morgan fingerprint density at radius 2 is 2.21 bits per heavy atom. The number of nitrogens with zero attached hydrogens (tertiary/aromatic N) is 5. The molecule has 8 nitrogen and oxygen atoms in total. The molecule has 3 rings (SSSR count). The monoisotopic (exact) mass is 336 g/mol. The lowest BCUT2D eigenvalue weighted by molar-refractivity contribution is 0.118. The number of hydrogen-bond acceptors (Lipinski definition) is 6. The van der Waals surface area contributed by atoms with Gasteiger partial charge in [0.1, 0.15) is 6.33 Å². The number of nitrogens with one attached hydrogen (secondary N) is 1. The molecule has 0 amide bonds. The molecular weight excluding hydrogens is 315 g/mol. The molecular formula is C15H21FN6O2. The molecule has 1 N–H and O–H groups in total. The fourth-order valence-corrected chi connectivity index (χ4v) is 3.18. The summed E-state index contributed by atoms with van der Waals surface area (Å²) < 4.78 is 21.7. The van der Waals surface area contributed by atoms with Crippen LogP contribution in [-0.4, -0.2) is 44.5 Å². The zero-order chi connectivity index (χ0) is 17.3. The molecule has 24 heavy (non-hydrogen) atoms. The van der Waals surface area contributed by atoms with Crippen molar-refractivity contribution in [3.63, 3.8) is 0 Å². The third-order valence-corrected chi connectivity index (χ3v) is 4.45. The van der Waals surface area contributed by atoms with E-state index in [-0.39, 0.29) is 23.7 Å². The van der Waals surface area contributed by atoms with Gasteiger partial charge in [0.15, 0.2) is 17.5 Å². The molecule has 2 aromatic heterocycles. The number of anilines is 1. The molecule has 0 radical (unpaired) electrons. The van der Waals surface area contributed by atoms with Gasteiger partial charge < -0.3 is 9.64 Å². The van der Waals surface area contributed by atoms with Crippen molar-refractivity contribution in [2.24, 2.45) is 0 Å². The van der Waals surface area contributed by atoms with Crippen molar-refractivity contribution in [1.82, 2.24) is 24.7 Å². The van der Waals surface area contributed by atoms with Gasteiger partial charge in [0.25, 0.3) is 0 Å². The third-order valence-electron chi connectivity index (χ3n) is 4.45. The van der Waals surface area contributed by atoms with Crippen LogP contribution in [0.4, 0.5) is 10.2 Å². The number of hydrogen-bond donors (Lipinski definition) is 1. The molecule has 0 saturated carbocycles.